The van der Waals surface area contributed by atoms with E-state index in [0.29, 0.717) is 25.3 Å². The molecule has 0 unspecified atom stereocenters. The second kappa shape index (κ2) is 8.08. The second-order valence-corrected chi connectivity index (χ2v) is 6.22. The van der Waals surface area contributed by atoms with Crippen LogP contribution in [-0.4, -0.2) is 49.1 Å². The molecule has 0 N–H and O–H groups in total. The third-order valence-corrected chi connectivity index (χ3v) is 4.46. The van der Waals surface area contributed by atoms with Crippen LogP contribution in [0.5, 0.6) is 11.5 Å². The highest BCUT2D eigenvalue weighted by atomic mass is 16.6. The summed E-state index contributed by atoms with van der Waals surface area (Å²) in [5, 5.41) is 0. The Morgan fingerprint density at radius 3 is 2.46 bits per heavy atom. The number of benzene rings is 1. The van der Waals surface area contributed by atoms with Gasteiger partial charge in [-0.05, 0) is 43.7 Å². The third kappa shape index (κ3) is 3.90. The van der Waals surface area contributed by atoms with Gasteiger partial charge in [0.15, 0.2) is 11.5 Å². The first-order chi connectivity index (χ1) is 12.6. The maximum Gasteiger partial charge on any atom is 0.255 e. The Labute approximate surface area is 154 Å². The molecule has 0 spiro atoms. The van der Waals surface area contributed by atoms with E-state index in [9.17, 15) is 4.79 Å². The van der Waals surface area contributed by atoms with Gasteiger partial charge in [0, 0.05) is 32.9 Å². The lowest BCUT2D eigenvalue weighted by Crippen LogP contribution is -2.27. The van der Waals surface area contributed by atoms with Crippen molar-refractivity contribution in [1.29, 1.82) is 0 Å². The molecule has 6 heteroatoms. The number of aromatic nitrogens is 1. The van der Waals surface area contributed by atoms with Crippen LogP contribution in [0.3, 0.4) is 0 Å². The number of nitrogens with zero attached hydrogens (tertiary/aromatic N) is 3. The molecule has 1 aromatic heterocycles. The highest BCUT2D eigenvalue weighted by Gasteiger charge is 2.16. The SMILES string of the molecule is CCN(CC)c1ccc(C(=O)N(C)Cc2ccc3c(c2)OCCO3)cn1. The molecule has 0 atom stereocenters. The lowest BCUT2D eigenvalue weighted by atomic mass is 10.1. The van der Waals surface area contributed by atoms with Crippen LogP contribution in [0.4, 0.5) is 5.82 Å². The lowest BCUT2D eigenvalue weighted by Gasteiger charge is -2.22. The molecule has 0 saturated heterocycles. The van der Waals surface area contributed by atoms with Crippen molar-refractivity contribution in [2.24, 2.45) is 0 Å². The van der Waals surface area contributed by atoms with E-state index in [2.05, 4.69) is 23.7 Å². The molecule has 0 aliphatic carbocycles. The number of carbonyl (C=O) groups excluding carboxylic acids is 1. The predicted molar refractivity (Wildman–Crippen MR) is 101 cm³/mol. The van der Waals surface area contributed by atoms with Crippen LogP contribution in [0.2, 0.25) is 0 Å². The van der Waals surface area contributed by atoms with Crippen molar-refractivity contribution in [3.8, 4) is 11.5 Å². The minimum Gasteiger partial charge on any atom is -0.486 e. The summed E-state index contributed by atoms with van der Waals surface area (Å²) in [4.78, 5) is 20.9. The zero-order valence-electron chi connectivity index (χ0n) is 15.6. The molecule has 0 radical (unpaired) electrons. The van der Waals surface area contributed by atoms with Crippen molar-refractivity contribution in [3.63, 3.8) is 0 Å². The van der Waals surface area contributed by atoms with Gasteiger partial charge in [-0.3, -0.25) is 4.79 Å². The van der Waals surface area contributed by atoms with E-state index in [1.54, 1.807) is 18.1 Å². The molecule has 2 aromatic rings. The van der Waals surface area contributed by atoms with E-state index in [-0.39, 0.29) is 5.91 Å². The summed E-state index contributed by atoms with van der Waals surface area (Å²) in [5.41, 5.74) is 1.58. The molecule has 0 fully saturated rings. The number of fused-ring (bicyclic) bond motifs is 1. The highest BCUT2D eigenvalue weighted by molar-refractivity contribution is 5.93. The molecule has 6 nitrogen and oxygen atoms in total. The molecule has 3 rings (SSSR count). The number of rotatable bonds is 6. The smallest absolute Gasteiger partial charge is 0.255 e. The summed E-state index contributed by atoms with van der Waals surface area (Å²) in [6.45, 7) is 7.57. The van der Waals surface area contributed by atoms with E-state index in [4.69, 9.17) is 9.47 Å². The number of hydrogen-bond donors (Lipinski definition) is 0. The summed E-state index contributed by atoms with van der Waals surface area (Å²) in [6, 6.07) is 9.52. The number of ether oxygens (including phenoxy) is 2. The van der Waals surface area contributed by atoms with Gasteiger partial charge < -0.3 is 19.3 Å². The fraction of sp³-hybridized carbons (Fsp3) is 0.400. The van der Waals surface area contributed by atoms with Gasteiger partial charge in [0.05, 0.1) is 5.56 Å². The fourth-order valence-corrected chi connectivity index (χ4v) is 3.00. The Morgan fingerprint density at radius 1 is 1.08 bits per heavy atom. The predicted octanol–water partition coefficient (Wildman–Crippen LogP) is 2.97. The van der Waals surface area contributed by atoms with E-state index in [1.807, 2.05) is 30.3 Å². The minimum absolute atomic E-state index is 0.0570. The van der Waals surface area contributed by atoms with E-state index >= 15 is 0 Å². The van der Waals surface area contributed by atoms with Crippen molar-refractivity contribution in [2.45, 2.75) is 20.4 Å². The monoisotopic (exact) mass is 355 g/mol. The molecular weight excluding hydrogens is 330 g/mol. The lowest BCUT2D eigenvalue weighted by molar-refractivity contribution is 0.0784. The maximum atomic E-state index is 12.7. The molecule has 1 aromatic carbocycles. The van der Waals surface area contributed by atoms with Gasteiger partial charge in [0.2, 0.25) is 0 Å². The molecule has 0 bridgehead atoms. The van der Waals surface area contributed by atoms with Gasteiger partial charge in [-0.25, -0.2) is 4.98 Å². The van der Waals surface area contributed by atoms with E-state index in [0.717, 1.165) is 36.0 Å². The summed E-state index contributed by atoms with van der Waals surface area (Å²) < 4.78 is 11.1. The molecule has 1 amide bonds. The normalized spacial score (nSPS) is 12.6. The molecule has 0 saturated carbocycles. The van der Waals surface area contributed by atoms with Crippen molar-refractivity contribution >= 4 is 11.7 Å². The molecule has 138 valence electrons. The summed E-state index contributed by atoms with van der Waals surface area (Å²) >= 11 is 0. The number of anilines is 1. The van der Waals surface area contributed by atoms with Crippen LogP contribution in [-0.2, 0) is 6.54 Å². The van der Waals surface area contributed by atoms with Gasteiger partial charge in [-0.1, -0.05) is 6.07 Å². The summed E-state index contributed by atoms with van der Waals surface area (Å²) in [6.07, 6.45) is 1.65. The van der Waals surface area contributed by atoms with Crippen LogP contribution < -0.4 is 14.4 Å². The van der Waals surface area contributed by atoms with E-state index < -0.39 is 0 Å². The van der Waals surface area contributed by atoms with Crippen LogP contribution in [0.25, 0.3) is 0 Å². The van der Waals surface area contributed by atoms with Crippen LogP contribution in [0.15, 0.2) is 36.5 Å². The second-order valence-electron chi connectivity index (χ2n) is 6.22. The first-order valence-corrected chi connectivity index (χ1v) is 8.97. The zero-order chi connectivity index (χ0) is 18.5. The first-order valence-electron chi connectivity index (χ1n) is 8.97. The first kappa shape index (κ1) is 18.0. The van der Waals surface area contributed by atoms with Crippen LogP contribution >= 0.6 is 0 Å². The third-order valence-electron chi connectivity index (χ3n) is 4.46. The van der Waals surface area contributed by atoms with Crippen molar-refractivity contribution in [1.82, 2.24) is 9.88 Å². The fourth-order valence-electron chi connectivity index (χ4n) is 3.00. The molecule has 2 heterocycles. The Bertz CT molecular complexity index is 757. The largest absolute Gasteiger partial charge is 0.486 e. The number of carbonyl (C=O) groups is 1. The van der Waals surface area contributed by atoms with Crippen molar-refractivity contribution < 1.29 is 14.3 Å². The topological polar surface area (TPSA) is 54.9 Å². The van der Waals surface area contributed by atoms with Crippen LogP contribution in [0.1, 0.15) is 29.8 Å². The summed E-state index contributed by atoms with van der Waals surface area (Å²) in [7, 11) is 1.79. The average molecular weight is 355 g/mol. The Morgan fingerprint density at radius 2 is 1.81 bits per heavy atom. The molecule has 26 heavy (non-hydrogen) atoms. The van der Waals surface area contributed by atoms with E-state index in [1.165, 1.54) is 0 Å². The van der Waals surface area contributed by atoms with Gasteiger partial charge in [0.25, 0.3) is 5.91 Å². The number of hydrogen-bond acceptors (Lipinski definition) is 5. The van der Waals surface area contributed by atoms with Crippen molar-refractivity contribution in [3.05, 3.63) is 47.7 Å². The molecular formula is C20H25N3O3. The van der Waals surface area contributed by atoms with Gasteiger partial charge >= 0.3 is 0 Å². The summed E-state index contributed by atoms with van der Waals surface area (Å²) in [5.74, 6) is 2.32. The zero-order valence-corrected chi connectivity index (χ0v) is 15.6. The van der Waals surface area contributed by atoms with Crippen molar-refractivity contribution in [2.75, 3.05) is 38.3 Å². The molecule has 1 aliphatic heterocycles. The maximum absolute atomic E-state index is 12.7. The number of amides is 1. The van der Waals surface area contributed by atoms with Gasteiger partial charge in [-0.2, -0.15) is 0 Å². The molecule has 1 aliphatic rings. The Hall–Kier alpha value is -2.76. The average Bonchev–Trinajstić information content (AvgIpc) is 2.69. The van der Waals surface area contributed by atoms with Gasteiger partial charge in [-0.15, -0.1) is 0 Å². The quantitative estimate of drug-likeness (QED) is 0.797. The Kier molecular flexibility index (Phi) is 5.61. The Balaban J connectivity index is 1.67. The minimum atomic E-state index is -0.0570. The van der Waals surface area contributed by atoms with Gasteiger partial charge in [0.1, 0.15) is 19.0 Å². The number of pyridine rings is 1. The standard InChI is InChI=1S/C20H25N3O3/c1-4-23(5-2)19-9-7-16(13-21-19)20(24)22(3)14-15-6-8-17-18(12-15)26-11-10-25-17/h6-9,12-13H,4-5,10-11,14H2,1-3H3. The van der Waals surface area contributed by atoms with Crippen LogP contribution in [0, 0.1) is 0 Å². The highest BCUT2D eigenvalue weighted by Crippen LogP contribution is 2.31.